The second-order valence-electron chi connectivity index (χ2n) is 5.61. The first-order valence-electron chi connectivity index (χ1n) is 7.68. The Morgan fingerprint density at radius 2 is 1.87 bits per heavy atom. The molecule has 1 saturated heterocycles. The van der Waals surface area contributed by atoms with Crippen LogP contribution in [-0.4, -0.2) is 58.6 Å². The fourth-order valence-electron chi connectivity index (χ4n) is 2.64. The summed E-state index contributed by atoms with van der Waals surface area (Å²) in [5, 5.41) is 8.47. The third-order valence-corrected chi connectivity index (χ3v) is 4.21. The van der Waals surface area contributed by atoms with E-state index in [2.05, 4.69) is 15.1 Å². The first kappa shape index (κ1) is 16.0. The molecular formula is C16H19ClN4O2. The molecule has 0 spiro atoms. The fraction of sp³-hybridized carbons (Fsp3) is 0.438. The van der Waals surface area contributed by atoms with E-state index < -0.39 is 0 Å². The normalized spacial score (nSPS) is 15.8. The van der Waals surface area contributed by atoms with E-state index in [1.165, 1.54) is 0 Å². The van der Waals surface area contributed by atoms with Gasteiger partial charge in [-0.15, -0.1) is 10.2 Å². The van der Waals surface area contributed by atoms with Crippen LogP contribution in [0.4, 0.5) is 0 Å². The zero-order valence-corrected chi connectivity index (χ0v) is 13.8. The summed E-state index contributed by atoms with van der Waals surface area (Å²) >= 11 is 5.86. The van der Waals surface area contributed by atoms with Crippen LogP contribution in [0.2, 0.25) is 5.02 Å². The molecule has 7 heteroatoms. The molecule has 23 heavy (non-hydrogen) atoms. The summed E-state index contributed by atoms with van der Waals surface area (Å²) in [6.45, 7) is 5.82. The van der Waals surface area contributed by atoms with Crippen LogP contribution in [-0.2, 0) is 6.42 Å². The van der Waals surface area contributed by atoms with Crippen LogP contribution < -0.4 is 0 Å². The van der Waals surface area contributed by atoms with Gasteiger partial charge in [-0.1, -0.05) is 11.6 Å². The van der Waals surface area contributed by atoms with Crippen LogP contribution in [0, 0.1) is 6.92 Å². The maximum Gasteiger partial charge on any atom is 0.253 e. The molecule has 1 aliphatic rings. The van der Waals surface area contributed by atoms with E-state index in [9.17, 15) is 4.79 Å². The second kappa shape index (κ2) is 7.10. The first-order valence-corrected chi connectivity index (χ1v) is 8.06. The van der Waals surface area contributed by atoms with Crippen LogP contribution in [0.5, 0.6) is 0 Å². The lowest BCUT2D eigenvalue weighted by atomic mass is 10.2. The lowest BCUT2D eigenvalue weighted by Crippen LogP contribution is -2.49. The molecule has 0 N–H and O–H groups in total. The average Bonchev–Trinajstić information content (AvgIpc) is 2.99. The molecule has 2 heterocycles. The van der Waals surface area contributed by atoms with Crippen LogP contribution in [0.1, 0.15) is 22.1 Å². The van der Waals surface area contributed by atoms with Crippen molar-refractivity contribution in [3.63, 3.8) is 0 Å². The monoisotopic (exact) mass is 334 g/mol. The minimum atomic E-state index is 0.0637. The van der Waals surface area contributed by atoms with Crippen molar-refractivity contribution in [1.82, 2.24) is 20.0 Å². The highest BCUT2D eigenvalue weighted by Crippen LogP contribution is 2.13. The summed E-state index contributed by atoms with van der Waals surface area (Å²) in [6.07, 6.45) is 0.742. The van der Waals surface area contributed by atoms with Gasteiger partial charge >= 0.3 is 0 Å². The van der Waals surface area contributed by atoms with Crippen molar-refractivity contribution in [2.75, 3.05) is 32.7 Å². The SMILES string of the molecule is Cc1nnc(CCN2CCN(C(=O)c3ccc(Cl)cc3)CC2)o1. The summed E-state index contributed by atoms with van der Waals surface area (Å²) in [4.78, 5) is 16.6. The Labute approximate surface area is 140 Å². The van der Waals surface area contributed by atoms with Gasteiger partial charge in [0.15, 0.2) is 0 Å². The van der Waals surface area contributed by atoms with Gasteiger partial charge in [-0.2, -0.15) is 0 Å². The second-order valence-corrected chi connectivity index (χ2v) is 6.04. The molecule has 0 atom stereocenters. The highest BCUT2D eigenvalue weighted by atomic mass is 35.5. The van der Waals surface area contributed by atoms with Crippen molar-refractivity contribution in [3.8, 4) is 0 Å². The maximum absolute atomic E-state index is 12.4. The van der Waals surface area contributed by atoms with Crippen molar-refractivity contribution in [1.29, 1.82) is 0 Å². The van der Waals surface area contributed by atoms with E-state index >= 15 is 0 Å². The Hall–Kier alpha value is -1.92. The molecule has 0 radical (unpaired) electrons. The minimum absolute atomic E-state index is 0.0637. The Bertz CT molecular complexity index is 663. The molecule has 1 aliphatic heterocycles. The van der Waals surface area contributed by atoms with E-state index in [0.29, 0.717) is 22.4 Å². The zero-order chi connectivity index (χ0) is 16.2. The van der Waals surface area contributed by atoms with E-state index in [4.69, 9.17) is 16.0 Å². The number of piperazine rings is 1. The highest BCUT2D eigenvalue weighted by molar-refractivity contribution is 6.30. The van der Waals surface area contributed by atoms with Crippen molar-refractivity contribution >= 4 is 17.5 Å². The number of nitrogens with zero attached hydrogens (tertiary/aromatic N) is 4. The number of benzene rings is 1. The van der Waals surface area contributed by atoms with Gasteiger partial charge in [-0.25, -0.2) is 0 Å². The van der Waals surface area contributed by atoms with Crippen molar-refractivity contribution < 1.29 is 9.21 Å². The van der Waals surface area contributed by atoms with E-state index in [-0.39, 0.29) is 5.91 Å². The largest absolute Gasteiger partial charge is 0.426 e. The third-order valence-electron chi connectivity index (χ3n) is 3.96. The van der Waals surface area contributed by atoms with Gasteiger partial charge in [-0.3, -0.25) is 9.69 Å². The molecule has 1 aromatic carbocycles. The molecule has 0 aliphatic carbocycles. The van der Waals surface area contributed by atoms with Gasteiger partial charge < -0.3 is 9.32 Å². The van der Waals surface area contributed by atoms with Crippen LogP contribution in [0.3, 0.4) is 0 Å². The van der Waals surface area contributed by atoms with Crippen molar-refractivity contribution in [3.05, 3.63) is 46.6 Å². The summed E-state index contributed by atoms with van der Waals surface area (Å²) in [7, 11) is 0. The van der Waals surface area contributed by atoms with Gasteiger partial charge in [0.25, 0.3) is 5.91 Å². The highest BCUT2D eigenvalue weighted by Gasteiger charge is 2.22. The van der Waals surface area contributed by atoms with Crippen LogP contribution in [0.25, 0.3) is 0 Å². The van der Waals surface area contributed by atoms with E-state index in [1.807, 2.05) is 4.90 Å². The lowest BCUT2D eigenvalue weighted by Gasteiger charge is -2.34. The van der Waals surface area contributed by atoms with Crippen LogP contribution in [0.15, 0.2) is 28.7 Å². The molecule has 0 saturated carbocycles. The van der Waals surface area contributed by atoms with Crippen molar-refractivity contribution in [2.45, 2.75) is 13.3 Å². The number of halogens is 1. The molecule has 122 valence electrons. The number of hydrogen-bond donors (Lipinski definition) is 0. The summed E-state index contributed by atoms with van der Waals surface area (Å²) in [6, 6.07) is 7.04. The lowest BCUT2D eigenvalue weighted by molar-refractivity contribution is 0.0636. The number of rotatable bonds is 4. The quantitative estimate of drug-likeness (QED) is 0.856. The van der Waals surface area contributed by atoms with E-state index in [1.54, 1.807) is 31.2 Å². The Balaban J connectivity index is 1.48. The smallest absolute Gasteiger partial charge is 0.253 e. The Kier molecular flexibility index (Phi) is 4.93. The molecule has 0 bridgehead atoms. The molecular weight excluding hydrogens is 316 g/mol. The Morgan fingerprint density at radius 3 is 2.48 bits per heavy atom. The Morgan fingerprint density at radius 1 is 1.17 bits per heavy atom. The summed E-state index contributed by atoms with van der Waals surface area (Å²) in [5.74, 6) is 1.33. The average molecular weight is 335 g/mol. The van der Waals surface area contributed by atoms with Gasteiger partial charge in [0, 0.05) is 56.7 Å². The van der Waals surface area contributed by atoms with Crippen molar-refractivity contribution in [2.24, 2.45) is 0 Å². The van der Waals surface area contributed by atoms with Gasteiger partial charge in [0.05, 0.1) is 0 Å². The number of aryl methyl sites for hydroxylation is 1. The number of aromatic nitrogens is 2. The van der Waals surface area contributed by atoms with Gasteiger partial charge in [0.1, 0.15) is 0 Å². The maximum atomic E-state index is 12.4. The van der Waals surface area contributed by atoms with Gasteiger partial charge in [-0.05, 0) is 24.3 Å². The molecule has 1 amide bonds. The van der Waals surface area contributed by atoms with E-state index in [0.717, 1.165) is 39.1 Å². The number of carbonyl (C=O) groups excluding carboxylic acids is 1. The molecule has 1 aromatic heterocycles. The van der Waals surface area contributed by atoms with Gasteiger partial charge in [0.2, 0.25) is 11.8 Å². The summed E-state index contributed by atoms with van der Waals surface area (Å²) in [5.41, 5.74) is 0.684. The number of amides is 1. The predicted octanol–water partition coefficient (Wildman–Crippen LogP) is 2.03. The third kappa shape index (κ3) is 4.09. The topological polar surface area (TPSA) is 62.5 Å². The fourth-order valence-corrected chi connectivity index (χ4v) is 2.77. The molecule has 3 rings (SSSR count). The van der Waals surface area contributed by atoms with Crippen LogP contribution >= 0.6 is 11.6 Å². The molecule has 6 nitrogen and oxygen atoms in total. The molecule has 2 aromatic rings. The summed E-state index contributed by atoms with van der Waals surface area (Å²) < 4.78 is 5.38. The molecule has 0 unspecified atom stereocenters. The molecule has 1 fully saturated rings. The zero-order valence-electron chi connectivity index (χ0n) is 13.0. The predicted molar refractivity (Wildman–Crippen MR) is 86.5 cm³/mol. The standard InChI is InChI=1S/C16H19ClN4O2/c1-12-18-19-15(23-12)6-7-20-8-10-21(11-9-20)16(22)13-2-4-14(17)5-3-13/h2-5H,6-11H2,1H3. The minimum Gasteiger partial charge on any atom is -0.426 e. The first-order chi connectivity index (χ1) is 11.1. The number of hydrogen-bond acceptors (Lipinski definition) is 5. The number of carbonyl (C=O) groups is 1.